The Hall–Kier alpha value is -3.90. The van der Waals surface area contributed by atoms with E-state index in [0.717, 1.165) is 0 Å². The first kappa shape index (κ1) is 30.1. The van der Waals surface area contributed by atoms with Crippen LogP contribution in [-0.4, -0.2) is 48.0 Å². The lowest BCUT2D eigenvalue weighted by Gasteiger charge is -2.26. The lowest BCUT2D eigenvalue weighted by molar-refractivity contribution is -0.140. The Labute approximate surface area is 248 Å². The molecule has 1 aromatic heterocycles. The van der Waals surface area contributed by atoms with Crippen molar-refractivity contribution < 1.29 is 33.6 Å². The van der Waals surface area contributed by atoms with Crippen LogP contribution in [0.4, 0.5) is 0 Å². The van der Waals surface area contributed by atoms with E-state index in [4.69, 9.17) is 24.1 Å². The number of carbonyl (C=O) groups is 2. The quantitative estimate of drug-likeness (QED) is 0.330. The predicted molar refractivity (Wildman–Crippen MR) is 156 cm³/mol. The maximum Gasteiger partial charge on any atom is 0.341 e. The zero-order chi connectivity index (χ0) is 29.8. The van der Waals surface area contributed by atoms with E-state index in [2.05, 4.69) is 20.9 Å². The third-order valence-corrected chi connectivity index (χ3v) is 7.55. The molecule has 0 amide bonds. The average molecular weight is 646 g/mol. The molecule has 41 heavy (non-hydrogen) atoms. The summed E-state index contributed by atoms with van der Waals surface area (Å²) in [5.41, 5.74) is 1.59. The van der Waals surface area contributed by atoms with Crippen LogP contribution in [0.2, 0.25) is 0 Å². The van der Waals surface area contributed by atoms with Crippen molar-refractivity contribution in [2.45, 2.75) is 39.8 Å². The van der Waals surface area contributed by atoms with E-state index >= 15 is 0 Å². The third kappa shape index (κ3) is 6.38. The van der Waals surface area contributed by atoms with Crippen molar-refractivity contribution in [3.05, 3.63) is 83.0 Å². The minimum Gasteiger partial charge on any atom is -0.493 e. The molecule has 1 atom stereocenters. The molecule has 2 heterocycles. The number of benzene rings is 2. The van der Waals surface area contributed by atoms with Gasteiger partial charge in [0, 0.05) is 5.56 Å². The summed E-state index contributed by atoms with van der Waals surface area (Å²) in [5, 5.41) is 8.98. The van der Waals surface area contributed by atoms with Crippen LogP contribution in [0, 0.1) is 0 Å². The fourth-order valence-electron chi connectivity index (χ4n) is 4.40. The molecule has 0 saturated heterocycles. The van der Waals surface area contributed by atoms with E-state index in [1.54, 1.807) is 38.1 Å². The molecule has 216 valence electrons. The Morgan fingerprint density at radius 1 is 1.22 bits per heavy atom. The van der Waals surface area contributed by atoms with Gasteiger partial charge in [-0.1, -0.05) is 29.5 Å². The molecule has 0 bridgehead atoms. The second-order valence-electron chi connectivity index (χ2n) is 9.22. The number of aliphatic carboxylic acids is 1. The van der Waals surface area contributed by atoms with Gasteiger partial charge in [-0.2, -0.15) is 0 Å². The van der Waals surface area contributed by atoms with Gasteiger partial charge in [0.05, 0.1) is 40.1 Å². The summed E-state index contributed by atoms with van der Waals surface area (Å²) in [6, 6.07) is 9.80. The minimum atomic E-state index is -1.13. The van der Waals surface area contributed by atoms with Crippen LogP contribution in [0.15, 0.2) is 61.9 Å². The number of ether oxygens (including phenoxy) is 4. The number of rotatable bonds is 10. The van der Waals surface area contributed by atoms with Crippen LogP contribution >= 0.6 is 27.3 Å². The third-order valence-electron chi connectivity index (χ3n) is 5.98. The maximum atomic E-state index is 14.0. The van der Waals surface area contributed by atoms with E-state index in [1.807, 2.05) is 32.0 Å². The van der Waals surface area contributed by atoms with Gasteiger partial charge in [-0.05, 0) is 73.5 Å². The first-order valence-corrected chi connectivity index (χ1v) is 14.3. The number of para-hydroxylation sites is 1. The lowest BCUT2D eigenvalue weighted by Crippen LogP contribution is -2.40. The number of carboxylic acid groups (broad SMARTS) is 1. The zero-order valence-electron chi connectivity index (χ0n) is 23.1. The molecule has 1 aliphatic heterocycles. The van der Waals surface area contributed by atoms with Crippen molar-refractivity contribution in [3.8, 4) is 17.2 Å². The van der Waals surface area contributed by atoms with Gasteiger partial charge in [0.25, 0.3) is 5.56 Å². The van der Waals surface area contributed by atoms with Gasteiger partial charge in [-0.3, -0.25) is 9.36 Å². The van der Waals surface area contributed by atoms with Gasteiger partial charge in [0.15, 0.2) is 22.9 Å². The van der Waals surface area contributed by atoms with Gasteiger partial charge in [-0.15, -0.1) is 0 Å². The van der Waals surface area contributed by atoms with E-state index in [1.165, 1.54) is 23.0 Å². The van der Waals surface area contributed by atoms with E-state index in [9.17, 15) is 14.4 Å². The van der Waals surface area contributed by atoms with Gasteiger partial charge in [-0.25, -0.2) is 14.6 Å². The molecule has 0 saturated carbocycles. The van der Waals surface area contributed by atoms with Crippen LogP contribution in [0.5, 0.6) is 17.2 Å². The molecular weight excluding hydrogens is 616 g/mol. The van der Waals surface area contributed by atoms with Crippen LogP contribution in [-0.2, 0) is 14.3 Å². The second kappa shape index (κ2) is 12.7. The Balaban J connectivity index is 1.92. The Kier molecular flexibility index (Phi) is 9.34. The average Bonchev–Trinajstić information content (AvgIpc) is 3.21. The smallest absolute Gasteiger partial charge is 0.341 e. The van der Waals surface area contributed by atoms with Gasteiger partial charge < -0.3 is 24.1 Å². The summed E-state index contributed by atoms with van der Waals surface area (Å²) < 4.78 is 24.5. The number of fused-ring (bicyclic) bond motifs is 1. The molecular formula is C29H29BrN2O8S. The highest BCUT2D eigenvalue weighted by molar-refractivity contribution is 9.10. The molecule has 0 radical (unpaired) electrons. The topological polar surface area (TPSA) is 126 Å². The standard InChI is InChI=1S/C29H29BrN2O8S/c1-6-38-28(36)24-16(4)31-29-32(25(24)18-9-7-8-10-20(18)40-15(2)3)27(35)22(41-29)13-17-11-19(30)26(21(12-17)37-5)39-14-23(33)34/h7-13,15,25H,6,14H2,1-5H3,(H,33,34)/b22-13+/t25-/m0/s1. The number of halogens is 1. The minimum absolute atomic E-state index is 0.140. The Morgan fingerprint density at radius 3 is 2.61 bits per heavy atom. The second-order valence-corrected chi connectivity index (χ2v) is 11.1. The Morgan fingerprint density at radius 2 is 1.95 bits per heavy atom. The summed E-state index contributed by atoms with van der Waals surface area (Å²) in [5.74, 6) is -0.624. The number of carboxylic acids is 1. The van der Waals surface area contributed by atoms with Gasteiger partial charge >= 0.3 is 11.9 Å². The van der Waals surface area contributed by atoms with E-state index in [0.29, 0.717) is 36.4 Å². The first-order valence-electron chi connectivity index (χ1n) is 12.7. The van der Waals surface area contributed by atoms with Crippen molar-refractivity contribution >= 4 is 45.3 Å². The number of hydrogen-bond acceptors (Lipinski definition) is 9. The highest BCUT2D eigenvalue weighted by atomic mass is 79.9. The molecule has 3 aromatic rings. The van der Waals surface area contributed by atoms with E-state index in [-0.39, 0.29) is 35.3 Å². The number of thiazole rings is 1. The van der Waals surface area contributed by atoms with E-state index < -0.39 is 24.6 Å². The number of allylic oxidation sites excluding steroid dienone is 1. The number of aromatic nitrogens is 1. The monoisotopic (exact) mass is 644 g/mol. The number of esters is 1. The summed E-state index contributed by atoms with van der Waals surface area (Å²) >= 11 is 4.58. The summed E-state index contributed by atoms with van der Waals surface area (Å²) in [4.78, 5) is 43.2. The van der Waals surface area contributed by atoms with Crippen LogP contribution < -0.4 is 29.1 Å². The highest BCUT2D eigenvalue weighted by Gasteiger charge is 2.35. The number of carbonyl (C=O) groups excluding carboxylic acids is 1. The first-order chi connectivity index (χ1) is 19.5. The van der Waals surface area contributed by atoms with Gasteiger partial charge in [0.2, 0.25) is 0 Å². The fraction of sp³-hybridized carbons (Fsp3) is 0.310. The van der Waals surface area contributed by atoms with Crippen molar-refractivity contribution in [1.82, 2.24) is 4.57 Å². The molecule has 0 unspecified atom stereocenters. The number of nitrogens with zero attached hydrogens (tertiary/aromatic N) is 2. The van der Waals surface area contributed by atoms with Crippen LogP contribution in [0.1, 0.15) is 44.9 Å². The van der Waals surface area contributed by atoms with Crippen molar-refractivity contribution in [3.63, 3.8) is 0 Å². The molecule has 2 aromatic carbocycles. The summed E-state index contributed by atoms with van der Waals surface area (Å²) in [6.45, 7) is 6.87. The molecule has 10 nitrogen and oxygen atoms in total. The fourth-order valence-corrected chi connectivity index (χ4v) is 6.02. The normalized spacial score (nSPS) is 14.9. The molecule has 0 spiro atoms. The summed E-state index contributed by atoms with van der Waals surface area (Å²) in [6.07, 6.45) is 1.54. The molecule has 0 aliphatic carbocycles. The SMILES string of the molecule is CCOC(=O)C1=C(C)N=c2s/c(=C/c3cc(Br)c(OCC(=O)O)c(OC)c3)c(=O)n2[C@H]1c1ccccc1OC(C)C. The molecule has 12 heteroatoms. The Bertz CT molecular complexity index is 1710. The predicted octanol–water partition coefficient (Wildman–Crippen LogP) is 3.82. The van der Waals surface area contributed by atoms with Crippen molar-refractivity contribution in [2.75, 3.05) is 20.3 Å². The number of hydrogen-bond donors (Lipinski definition) is 1. The molecule has 4 rings (SSSR count). The summed E-state index contributed by atoms with van der Waals surface area (Å²) in [7, 11) is 1.43. The largest absolute Gasteiger partial charge is 0.493 e. The molecule has 0 fully saturated rings. The van der Waals surface area contributed by atoms with Crippen LogP contribution in [0.25, 0.3) is 6.08 Å². The maximum absolute atomic E-state index is 14.0. The molecule has 1 aliphatic rings. The highest BCUT2D eigenvalue weighted by Crippen LogP contribution is 2.38. The molecule has 1 N–H and O–H groups in total. The number of methoxy groups -OCH3 is 1. The van der Waals surface area contributed by atoms with Crippen LogP contribution in [0.3, 0.4) is 0 Å². The zero-order valence-corrected chi connectivity index (χ0v) is 25.5. The van der Waals surface area contributed by atoms with Gasteiger partial charge in [0.1, 0.15) is 11.8 Å². The van der Waals surface area contributed by atoms with Crippen molar-refractivity contribution in [1.29, 1.82) is 0 Å². The lowest BCUT2D eigenvalue weighted by atomic mass is 9.95. The van der Waals surface area contributed by atoms with Crippen molar-refractivity contribution in [2.24, 2.45) is 4.99 Å².